The van der Waals surface area contributed by atoms with Crippen LogP contribution in [0.2, 0.25) is 5.02 Å². The van der Waals surface area contributed by atoms with Crippen molar-refractivity contribution in [3.05, 3.63) is 47.2 Å². The number of aromatic carboxylic acids is 1. The van der Waals surface area contributed by atoms with Crippen molar-refractivity contribution in [3.8, 4) is 11.1 Å². The van der Waals surface area contributed by atoms with Crippen LogP contribution in [0.1, 0.15) is 17.4 Å². The van der Waals surface area contributed by atoms with Gasteiger partial charge in [0.2, 0.25) is 0 Å². The van der Waals surface area contributed by atoms with Gasteiger partial charge in [0.15, 0.2) is 5.69 Å². The van der Waals surface area contributed by atoms with Crippen molar-refractivity contribution in [1.29, 1.82) is 0 Å². The van der Waals surface area contributed by atoms with Crippen molar-refractivity contribution in [2.75, 3.05) is 5.75 Å². The lowest BCUT2D eigenvalue weighted by molar-refractivity contribution is 0.0686. The van der Waals surface area contributed by atoms with E-state index in [1.807, 2.05) is 25.1 Å². The molecule has 0 bridgehead atoms. The molecule has 20 heavy (non-hydrogen) atoms. The van der Waals surface area contributed by atoms with Crippen LogP contribution in [0.25, 0.3) is 11.1 Å². The minimum Gasteiger partial charge on any atom is -0.476 e. The van der Waals surface area contributed by atoms with Gasteiger partial charge in [-0.15, -0.1) is 24.2 Å². The molecule has 1 aromatic carbocycles. The Hall–Kier alpha value is -1.23. The Morgan fingerprint density at radius 2 is 1.95 bits per heavy atom. The van der Waals surface area contributed by atoms with Gasteiger partial charge in [-0.3, -0.25) is 0 Å². The fourth-order valence-electron chi connectivity index (χ4n) is 1.67. The number of hydrogen-bond donors (Lipinski definition) is 1. The van der Waals surface area contributed by atoms with Crippen LogP contribution in [-0.2, 0) is 0 Å². The molecule has 0 saturated carbocycles. The summed E-state index contributed by atoms with van der Waals surface area (Å²) >= 11 is 7.32. The molecule has 2 rings (SSSR count). The van der Waals surface area contributed by atoms with E-state index in [9.17, 15) is 4.79 Å². The second-order valence-electron chi connectivity index (χ2n) is 3.82. The highest BCUT2D eigenvalue weighted by Gasteiger charge is 2.13. The molecule has 106 valence electrons. The number of thioether (sulfide) groups is 1. The van der Waals surface area contributed by atoms with Gasteiger partial charge in [-0.25, -0.2) is 9.78 Å². The van der Waals surface area contributed by atoms with E-state index in [0.29, 0.717) is 9.92 Å². The molecule has 0 amide bonds. The Morgan fingerprint density at radius 1 is 1.30 bits per heavy atom. The van der Waals surface area contributed by atoms with Gasteiger partial charge in [0.1, 0.15) is 0 Å². The smallest absolute Gasteiger partial charge is 0.355 e. The third kappa shape index (κ3) is 3.88. The minimum atomic E-state index is -1.00. The molecule has 6 heteroatoms. The van der Waals surface area contributed by atoms with E-state index in [2.05, 4.69) is 4.98 Å². The van der Waals surface area contributed by atoms with Crippen molar-refractivity contribution in [2.45, 2.75) is 11.8 Å². The molecule has 3 nitrogen and oxygen atoms in total. The predicted molar refractivity (Wildman–Crippen MR) is 85.3 cm³/mol. The van der Waals surface area contributed by atoms with Crippen molar-refractivity contribution in [2.24, 2.45) is 0 Å². The average molecular weight is 330 g/mol. The average Bonchev–Trinajstić information content (AvgIpc) is 2.39. The molecule has 1 aromatic heterocycles. The van der Waals surface area contributed by atoms with Crippen LogP contribution in [-0.4, -0.2) is 21.8 Å². The summed E-state index contributed by atoms with van der Waals surface area (Å²) in [7, 11) is 0. The standard InChI is InChI=1S/C14H12ClNO2S.ClH/c1-2-19-12-7-10(8-16-13(12)14(17)18)9-3-5-11(15)6-4-9;/h3-8H,2H2,1H3,(H,17,18);1H. The maximum absolute atomic E-state index is 11.1. The summed E-state index contributed by atoms with van der Waals surface area (Å²) in [6.45, 7) is 1.98. The monoisotopic (exact) mass is 329 g/mol. The molecular weight excluding hydrogens is 317 g/mol. The van der Waals surface area contributed by atoms with E-state index >= 15 is 0 Å². The summed E-state index contributed by atoms with van der Waals surface area (Å²) in [5.41, 5.74) is 1.95. The van der Waals surface area contributed by atoms with Gasteiger partial charge in [0, 0.05) is 21.7 Å². The number of carboxylic acids is 1. The molecule has 0 radical (unpaired) electrons. The SMILES string of the molecule is CCSc1cc(-c2ccc(Cl)cc2)cnc1C(=O)O.Cl. The van der Waals surface area contributed by atoms with Gasteiger partial charge >= 0.3 is 5.97 Å². The largest absolute Gasteiger partial charge is 0.476 e. The Balaban J connectivity index is 0.00000200. The molecular formula is C14H13Cl2NO2S. The summed E-state index contributed by atoms with van der Waals surface area (Å²) in [5.74, 6) is -0.204. The number of hydrogen-bond acceptors (Lipinski definition) is 3. The predicted octanol–water partition coefficient (Wildman–Crippen LogP) is 4.63. The maximum atomic E-state index is 11.1. The van der Waals surface area contributed by atoms with Gasteiger partial charge in [-0.2, -0.15) is 0 Å². The Kier molecular flexibility index (Phi) is 6.33. The molecule has 0 aliphatic heterocycles. The zero-order chi connectivity index (χ0) is 13.8. The van der Waals surface area contributed by atoms with Crippen LogP contribution in [0, 0.1) is 0 Å². The number of nitrogens with zero attached hydrogens (tertiary/aromatic N) is 1. The van der Waals surface area contributed by atoms with E-state index < -0.39 is 5.97 Å². The van der Waals surface area contributed by atoms with Crippen LogP contribution in [0.5, 0.6) is 0 Å². The highest BCUT2D eigenvalue weighted by Crippen LogP contribution is 2.28. The first-order chi connectivity index (χ1) is 9.11. The lowest BCUT2D eigenvalue weighted by Gasteiger charge is -2.07. The van der Waals surface area contributed by atoms with Gasteiger partial charge in [-0.1, -0.05) is 30.7 Å². The molecule has 0 saturated heterocycles. The van der Waals surface area contributed by atoms with Crippen molar-refractivity contribution < 1.29 is 9.90 Å². The normalized spacial score (nSPS) is 9.90. The fourth-order valence-corrected chi connectivity index (χ4v) is 2.59. The molecule has 1 N–H and O–H groups in total. The highest BCUT2D eigenvalue weighted by molar-refractivity contribution is 7.99. The zero-order valence-electron chi connectivity index (χ0n) is 10.7. The number of aromatic nitrogens is 1. The fraction of sp³-hybridized carbons (Fsp3) is 0.143. The second-order valence-corrected chi connectivity index (χ2v) is 5.56. The minimum absolute atomic E-state index is 0. The Morgan fingerprint density at radius 3 is 2.50 bits per heavy atom. The van der Waals surface area contributed by atoms with E-state index in [-0.39, 0.29) is 18.1 Å². The van der Waals surface area contributed by atoms with Gasteiger partial charge in [0.25, 0.3) is 0 Å². The van der Waals surface area contributed by atoms with Crippen LogP contribution in [0.4, 0.5) is 0 Å². The Labute approximate surface area is 132 Å². The van der Waals surface area contributed by atoms with Gasteiger partial charge < -0.3 is 5.11 Å². The van der Waals surface area contributed by atoms with E-state index in [1.165, 1.54) is 11.8 Å². The molecule has 0 fully saturated rings. The molecule has 1 heterocycles. The molecule has 0 aliphatic carbocycles. The number of carbonyl (C=O) groups is 1. The number of pyridine rings is 1. The van der Waals surface area contributed by atoms with Gasteiger partial charge in [0.05, 0.1) is 0 Å². The van der Waals surface area contributed by atoms with E-state index in [0.717, 1.165) is 16.9 Å². The summed E-state index contributed by atoms with van der Waals surface area (Å²) in [5, 5.41) is 9.77. The zero-order valence-corrected chi connectivity index (χ0v) is 13.1. The van der Waals surface area contributed by atoms with Crippen LogP contribution in [0.3, 0.4) is 0 Å². The molecule has 0 atom stereocenters. The maximum Gasteiger partial charge on any atom is 0.355 e. The summed E-state index contributed by atoms with van der Waals surface area (Å²) in [6, 6.07) is 9.23. The topological polar surface area (TPSA) is 50.2 Å². The molecule has 2 aromatic rings. The second kappa shape index (κ2) is 7.53. The lowest BCUT2D eigenvalue weighted by atomic mass is 10.1. The first-order valence-corrected chi connectivity index (χ1v) is 7.10. The number of carboxylic acid groups (broad SMARTS) is 1. The van der Waals surface area contributed by atoms with Gasteiger partial charge in [-0.05, 0) is 29.5 Å². The Bertz CT molecular complexity index is 603. The molecule has 0 unspecified atom stereocenters. The third-order valence-corrected chi connectivity index (χ3v) is 3.70. The summed E-state index contributed by atoms with van der Waals surface area (Å²) < 4.78 is 0. The van der Waals surface area contributed by atoms with Crippen LogP contribution in [0.15, 0.2) is 41.4 Å². The van der Waals surface area contributed by atoms with Crippen molar-refractivity contribution in [1.82, 2.24) is 4.98 Å². The van der Waals surface area contributed by atoms with Crippen LogP contribution < -0.4 is 0 Å². The number of halogens is 2. The lowest BCUT2D eigenvalue weighted by Crippen LogP contribution is -2.03. The van der Waals surface area contributed by atoms with E-state index in [1.54, 1.807) is 18.3 Å². The number of rotatable bonds is 4. The first kappa shape index (κ1) is 16.8. The van der Waals surface area contributed by atoms with E-state index in [4.69, 9.17) is 16.7 Å². The van der Waals surface area contributed by atoms with Crippen molar-refractivity contribution in [3.63, 3.8) is 0 Å². The summed E-state index contributed by atoms with van der Waals surface area (Å²) in [6.07, 6.45) is 1.58. The summed E-state index contributed by atoms with van der Waals surface area (Å²) in [4.78, 5) is 15.8. The molecule has 0 spiro atoms. The highest BCUT2D eigenvalue weighted by atomic mass is 35.5. The first-order valence-electron chi connectivity index (χ1n) is 5.74. The number of benzene rings is 1. The third-order valence-electron chi connectivity index (χ3n) is 2.53. The molecule has 0 aliphatic rings. The van der Waals surface area contributed by atoms with Crippen molar-refractivity contribution >= 4 is 41.7 Å². The van der Waals surface area contributed by atoms with Crippen LogP contribution >= 0.6 is 35.8 Å². The quantitative estimate of drug-likeness (QED) is 0.830.